The fourth-order valence-electron chi connectivity index (χ4n) is 22.4. The fraction of sp³-hybridized carbons (Fsp3) is 0.0154. The van der Waals surface area contributed by atoms with Gasteiger partial charge in [0.2, 0.25) is 0 Å². The molecule has 0 saturated carbocycles. The van der Waals surface area contributed by atoms with E-state index in [0.717, 1.165) is 96.1 Å². The molecule has 139 heavy (non-hydrogen) atoms. The van der Waals surface area contributed by atoms with Gasteiger partial charge in [0.1, 0.15) is 0 Å². The molecule has 2 atom stereocenters. The highest BCUT2D eigenvalue weighted by atomic mass is 32.1. The number of thiophene rings is 2. The van der Waals surface area contributed by atoms with E-state index in [4.69, 9.17) is 18.9 Å². The second kappa shape index (κ2) is 33.2. The molecule has 7 nitrogen and oxygen atoms in total. The summed E-state index contributed by atoms with van der Waals surface area (Å²) in [5, 5.41) is 9.72. The Morgan fingerprint density at radius 1 is 0.187 bits per heavy atom. The van der Waals surface area contributed by atoms with Gasteiger partial charge in [0.05, 0.1) is 21.2 Å². The van der Waals surface area contributed by atoms with E-state index < -0.39 is 10.8 Å². The van der Waals surface area contributed by atoms with Crippen molar-refractivity contribution in [2.45, 2.75) is 10.8 Å². The van der Waals surface area contributed by atoms with Gasteiger partial charge in [-0.2, -0.15) is 0 Å². The van der Waals surface area contributed by atoms with Gasteiger partial charge in [0, 0.05) is 92.3 Å². The van der Waals surface area contributed by atoms with Gasteiger partial charge in [-0.3, -0.25) is 0 Å². The predicted octanol–water partition coefficient (Wildman–Crippen LogP) is 36.7. The summed E-state index contributed by atoms with van der Waals surface area (Å²) in [6, 6.07) is 182. The lowest BCUT2D eigenvalue weighted by Crippen LogP contribution is -2.28. The Balaban J connectivity index is 0.000000141. The number of benzene rings is 22. The van der Waals surface area contributed by atoms with Crippen molar-refractivity contribution in [3.8, 4) is 90.5 Å². The molecule has 4 heterocycles. The summed E-state index contributed by atoms with van der Waals surface area (Å²) in [4.78, 5) is 7.14. The molecule has 0 saturated heterocycles. The van der Waals surface area contributed by atoms with Crippen molar-refractivity contribution in [1.29, 1.82) is 0 Å². The number of nitrogens with zero attached hydrogens (tertiary/aromatic N) is 3. The fourth-order valence-corrected chi connectivity index (χ4v) is 24.8. The third-order valence-electron chi connectivity index (χ3n) is 28.3. The Kier molecular flexibility index (Phi) is 19.3. The lowest BCUT2D eigenvalue weighted by Gasteiger charge is -2.35. The molecule has 654 valence electrons. The van der Waals surface area contributed by atoms with E-state index in [-0.39, 0.29) is 0 Å². The van der Waals surface area contributed by atoms with Crippen molar-refractivity contribution >= 4 is 136 Å². The number of rotatable bonds is 15. The second-order valence-corrected chi connectivity index (χ2v) is 38.0. The summed E-state index contributed by atoms with van der Waals surface area (Å²) >= 11 is 3.74. The monoisotopic (exact) mass is 1810 g/mol. The van der Waals surface area contributed by atoms with Gasteiger partial charge in [-0.15, -0.1) is 22.7 Å². The number of hydrogen-bond acceptors (Lipinski definition) is 9. The molecule has 22 aromatic carbocycles. The molecule has 0 spiro atoms. The van der Waals surface area contributed by atoms with E-state index in [2.05, 4.69) is 470 Å². The maximum absolute atomic E-state index is 6.98. The van der Waals surface area contributed by atoms with Crippen molar-refractivity contribution in [3.63, 3.8) is 0 Å². The van der Waals surface area contributed by atoms with Gasteiger partial charge in [-0.1, -0.05) is 340 Å². The van der Waals surface area contributed by atoms with Gasteiger partial charge in [0.25, 0.3) is 0 Å². The first-order valence-corrected chi connectivity index (χ1v) is 48.9. The Morgan fingerprint density at radius 2 is 0.576 bits per heavy atom. The minimum atomic E-state index is -0.759. The van der Waals surface area contributed by atoms with Crippen LogP contribution < -0.4 is 33.6 Å². The van der Waals surface area contributed by atoms with E-state index >= 15 is 0 Å². The second-order valence-electron chi connectivity index (χ2n) is 35.9. The predicted molar refractivity (Wildman–Crippen MR) is 576 cm³/mol. The highest BCUT2D eigenvalue weighted by Crippen LogP contribution is 2.67. The Labute approximate surface area is 812 Å². The molecule has 2 aliphatic carbocycles. The molecule has 0 fully saturated rings. The van der Waals surface area contributed by atoms with Crippen LogP contribution in [0.5, 0.6) is 46.0 Å². The number of hydrogen-bond donors (Lipinski definition) is 0. The molecule has 2 unspecified atom stereocenters. The minimum Gasteiger partial charge on any atom is -0.449 e. The highest BCUT2D eigenvalue weighted by Gasteiger charge is 2.52. The van der Waals surface area contributed by atoms with Crippen molar-refractivity contribution in [2.75, 3.05) is 14.7 Å². The van der Waals surface area contributed by atoms with Crippen molar-refractivity contribution in [3.05, 3.63) is 548 Å². The van der Waals surface area contributed by atoms with E-state index in [1.807, 2.05) is 71.2 Å². The number of para-hydroxylation sites is 9. The quantitative estimate of drug-likeness (QED) is 0.101. The van der Waals surface area contributed by atoms with Crippen molar-refractivity contribution < 1.29 is 18.9 Å². The average molecular weight is 1820 g/mol. The summed E-state index contributed by atoms with van der Waals surface area (Å²) in [7, 11) is 0. The molecule has 2 aliphatic heterocycles. The smallest absolute Gasteiger partial charge is 0.178 e. The SMILES string of the molecule is c1ccc(-c2cc(N(c3ccccc3)c3ccc(C4(c5ccc6ccccc6c5)c5ccccc5-c5c4ccc4c5Oc5ccccc5O4)cc3)cc3c(-c4ccccc4)cccc23)cc1.c1ccc(N(c2ccccc2)c2ccc3sc4c(C5(c6ccc7sc8c(N(c9ccccc9)c9ccccc9)cccc8c7c6)c6ccccc6-c6c5ccc5c6Oc6ccccc6O5)cccc4c3c2)cc1. The Morgan fingerprint density at radius 3 is 1.16 bits per heavy atom. The minimum absolute atomic E-state index is 0.685. The lowest BCUT2D eigenvalue weighted by atomic mass is 9.67. The number of anilines is 9. The van der Waals surface area contributed by atoms with E-state index in [9.17, 15) is 0 Å². The van der Waals surface area contributed by atoms with Crippen LogP contribution in [-0.2, 0) is 10.8 Å². The lowest BCUT2D eigenvalue weighted by molar-refractivity contribution is 0.360. The summed E-state index contributed by atoms with van der Waals surface area (Å²) < 4.78 is 32.0. The zero-order valence-electron chi connectivity index (χ0n) is 75.2. The third kappa shape index (κ3) is 13.1. The maximum atomic E-state index is 6.98. The van der Waals surface area contributed by atoms with Crippen LogP contribution in [0.3, 0.4) is 0 Å². The number of ether oxygens (including phenoxy) is 4. The van der Waals surface area contributed by atoms with E-state index in [1.54, 1.807) is 0 Å². The first-order valence-electron chi connectivity index (χ1n) is 47.2. The first-order chi connectivity index (χ1) is 68.9. The highest BCUT2D eigenvalue weighted by molar-refractivity contribution is 7.26. The van der Waals surface area contributed by atoms with Crippen LogP contribution in [0.4, 0.5) is 51.2 Å². The summed E-state index contributed by atoms with van der Waals surface area (Å²) in [5.74, 6) is 5.77. The Bertz CT molecular complexity index is 8890. The zero-order valence-corrected chi connectivity index (χ0v) is 76.8. The molecule has 0 radical (unpaired) electrons. The van der Waals surface area contributed by atoms with E-state index in [1.165, 1.54) is 118 Å². The molecular weight excluding hydrogens is 1730 g/mol. The zero-order chi connectivity index (χ0) is 91.6. The van der Waals surface area contributed by atoms with E-state index in [0.29, 0.717) is 34.5 Å². The topological polar surface area (TPSA) is 46.6 Å². The van der Waals surface area contributed by atoms with Crippen LogP contribution >= 0.6 is 22.7 Å². The van der Waals surface area contributed by atoms with Gasteiger partial charge in [0.15, 0.2) is 46.0 Å². The molecule has 2 aromatic heterocycles. The molecule has 9 heteroatoms. The van der Waals surface area contributed by atoms with Gasteiger partial charge in [-0.05, 0) is 263 Å². The summed E-state index contributed by atoms with van der Waals surface area (Å²) in [5.41, 5.74) is 27.1. The summed E-state index contributed by atoms with van der Waals surface area (Å²) in [6.07, 6.45) is 0. The average Bonchev–Trinajstić information content (AvgIpc) is 1.52. The maximum Gasteiger partial charge on any atom is 0.178 e. The molecule has 0 N–H and O–H groups in total. The van der Waals surface area contributed by atoms with Crippen LogP contribution in [0.25, 0.3) is 106 Å². The molecule has 0 bridgehead atoms. The van der Waals surface area contributed by atoms with Gasteiger partial charge in [-0.25, -0.2) is 0 Å². The van der Waals surface area contributed by atoms with Crippen LogP contribution in [-0.4, -0.2) is 0 Å². The standard InChI is InChI=1S/C67H42N2O2S2.C63H41NO2/c1-5-19-44(20-6-1)68(45-21-7-2-8-22-45)48-36-40-62-53(42-48)49-28-17-31-56(65(49)72-62)67(54-30-14-13-27-51(54)63-55(67)37-38-60-64(63)71-59-34-16-15-33-58(59)70-60)43-35-39-61-52(41-43)50-29-18-32-57(66(50)73-61)69(46-23-9-3-10-24-46)47-25-11-4-12-26-47;1-4-18-43(19-5-1)51-26-16-27-52-54(44-20-6-2-7-21-44)40-50(41-55(51)52)64(48-23-8-3-9-24-48)49-35-33-46(34-36-49)63(47-32-31-42-17-10-11-22-45(42)39-47)56-28-13-12-25-53(56)61-57(63)37-38-60-62(61)66-59-30-15-14-29-58(59)65-60/h1-42H;1-41H. The molecule has 4 aliphatic rings. The molecule has 28 rings (SSSR count). The van der Waals surface area contributed by atoms with Gasteiger partial charge >= 0.3 is 0 Å². The van der Waals surface area contributed by atoms with Crippen LogP contribution in [0.1, 0.15) is 44.5 Å². The molecule has 24 aromatic rings. The first kappa shape index (κ1) is 81.0. The normalized spacial score (nSPS) is 14.3. The van der Waals surface area contributed by atoms with Crippen molar-refractivity contribution in [1.82, 2.24) is 0 Å². The number of fused-ring (bicyclic) bond motifs is 20. The largest absolute Gasteiger partial charge is 0.449 e. The molecule has 0 amide bonds. The van der Waals surface area contributed by atoms with Crippen LogP contribution in [0.15, 0.2) is 504 Å². The van der Waals surface area contributed by atoms with Crippen LogP contribution in [0, 0.1) is 0 Å². The third-order valence-corrected chi connectivity index (χ3v) is 30.8. The van der Waals surface area contributed by atoms with Gasteiger partial charge < -0.3 is 33.6 Å². The van der Waals surface area contributed by atoms with Crippen LogP contribution in [0.2, 0.25) is 0 Å². The Hall–Kier alpha value is -17.6. The summed E-state index contributed by atoms with van der Waals surface area (Å²) in [6.45, 7) is 0. The molecular formula is C130H83N3O4S2. The van der Waals surface area contributed by atoms with Crippen molar-refractivity contribution in [2.24, 2.45) is 0 Å².